The van der Waals surface area contributed by atoms with Gasteiger partial charge in [-0.25, -0.2) is 4.98 Å². The van der Waals surface area contributed by atoms with Crippen LogP contribution in [0.4, 0.5) is 5.13 Å². The van der Waals surface area contributed by atoms with Crippen molar-refractivity contribution in [3.63, 3.8) is 0 Å². The van der Waals surface area contributed by atoms with Gasteiger partial charge in [-0.3, -0.25) is 14.9 Å². The molecule has 6 nitrogen and oxygen atoms in total. The zero-order valence-electron chi connectivity index (χ0n) is 12.7. The summed E-state index contributed by atoms with van der Waals surface area (Å²) in [7, 11) is 0. The molecule has 2 aromatic rings. The highest BCUT2D eigenvalue weighted by molar-refractivity contribution is 7.13. The number of rotatable bonds is 7. The summed E-state index contributed by atoms with van der Waals surface area (Å²) in [5.41, 5.74) is 0.535. The van der Waals surface area contributed by atoms with Crippen molar-refractivity contribution in [3.8, 4) is 5.75 Å². The first-order valence-corrected chi connectivity index (χ1v) is 8.59. The predicted molar refractivity (Wildman–Crippen MR) is 93.0 cm³/mol. The zero-order chi connectivity index (χ0) is 17.5. The van der Waals surface area contributed by atoms with Crippen molar-refractivity contribution in [3.05, 3.63) is 39.3 Å². The van der Waals surface area contributed by atoms with E-state index in [0.29, 0.717) is 33.2 Å². The third-order valence-corrected chi connectivity index (χ3v) is 4.03. The summed E-state index contributed by atoms with van der Waals surface area (Å²) < 4.78 is 10.2. The van der Waals surface area contributed by atoms with E-state index in [0.717, 1.165) is 0 Å². The molecule has 128 valence electrons. The highest BCUT2D eigenvalue weighted by Crippen LogP contribution is 2.27. The number of nitrogens with one attached hydrogen (secondary N) is 1. The summed E-state index contributed by atoms with van der Waals surface area (Å²) in [5, 5.41) is 5.46. The standard InChI is InChI=1S/C15H14Cl2N2O4S/c1-2-22-14(21)6-10-8-24-15(18-10)19-13(20)7-23-12-5-9(16)3-4-11(12)17/h3-5,8H,2,6-7H2,1H3,(H,18,19,20). The van der Waals surface area contributed by atoms with Crippen LogP contribution in [-0.2, 0) is 20.7 Å². The van der Waals surface area contributed by atoms with E-state index in [1.807, 2.05) is 0 Å². The van der Waals surface area contributed by atoms with Crippen LogP contribution in [0.15, 0.2) is 23.6 Å². The SMILES string of the molecule is CCOC(=O)Cc1csc(NC(=O)COc2cc(Cl)ccc2Cl)n1. The van der Waals surface area contributed by atoms with Crippen molar-refractivity contribution in [2.45, 2.75) is 13.3 Å². The first kappa shape index (κ1) is 18.5. The number of thiazole rings is 1. The molecular weight excluding hydrogens is 375 g/mol. The number of anilines is 1. The molecule has 0 saturated carbocycles. The summed E-state index contributed by atoms with van der Waals surface area (Å²) in [5.74, 6) is -0.441. The molecule has 2 rings (SSSR count). The molecule has 24 heavy (non-hydrogen) atoms. The Morgan fingerprint density at radius 1 is 1.33 bits per heavy atom. The topological polar surface area (TPSA) is 77.5 Å². The van der Waals surface area contributed by atoms with Crippen molar-refractivity contribution >= 4 is 51.5 Å². The number of esters is 1. The van der Waals surface area contributed by atoms with Gasteiger partial charge >= 0.3 is 5.97 Å². The molecule has 0 saturated heterocycles. The minimum Gasteiger partial charge on any atom is -0.482 e. The van der Waals surface area contributed by atoms with E-state index in [-0.39, 0.29) is 19.0 Å². The molecule has 0 aliphatic rings. The number of benzene rings is 1. The number of hydrogen-bond donors (Lipinski definition) is 1. The van der Waals surface area contributed by atoms with Crippen LogP contribution in [0, 0.1) is 0 Å². The van der Waals surface area contributed by atoms with Crippen LogP contribution in [0.5, 0.6) is 5.75 Å². The molecule has 0 aliphatic heterocycles. The molecule has 1 heterocycles. The van der Waals surface area contributed by atoms with Gasteiger partial charge in [-0.05, 0) is 19.1 Å². The number of aromatic nitrogens is 1. The predicted octanol–water partition coefficient (Wildman–Crippen LogP) is 3.57. The molecule has 0 spiro atoms. The summed E-state index contributed by atoms with van der Waals surface area (Å²) >= 11 is 13.0. The third-order valence-electron chi connectivity index (χ3n) is 2.68. The fourth-order valence-electron chi connectivity index (χ4n) is 1.69. The Morgan fingerprint density at radius 2 is 2.12 bits per heavy atom. The van der Waals surface area contributed by atoms with Gasteiger partial charge in [0.1, 0.15) is 5.75 Å². The fourth-order valence-corrected chi connectivity index (χ4v) is 2.75. The molecule has 1 aromatic carbocycles. The van der Waals surface area contributed by atoms with E-state index in [9.17, 15) is 9.59 Å². The fraction of sp³-hybridized carbons (Fsp3) is 0.267. The van der Waals surface area contributed by atoms with E-state index in [4.69, 9.17) is 32.7 Å². The van der Waals surface area contributed by atoms with Crippen molar-refractivity contribution in [2.24, 2.45) is 0 Å². The number of carbonyl (C=O) groups excluding carboxylic acids is 2. The lowest BCUT2D eigenvalue weighted by atomic mass is 10.3. The zero-order valence-corrected chi connectivity index (χ0v) is 15.0. The molecule has 0 unspecified atom stereocenters. The van der Waals surface area contributed by atoms with Crippen LogP contribution in [0.25, 0.3) is 0 Å². The Balaban J connectivity index is 1.85. The second-order valence-corrected chi connectivity index (χ2v) is 6.24. The van der Waals surface area contributed by atoms with Gasteiger partial charge < -0.3 is 9.47 Å². The second-order valence-electron chi connectivity index (χ2n) is 4.54. The first-order chi connectivity index (χ1) is 11.5. The lowest BCUT2D eigenvalue weighted by Gasteiger charge is -2.07. The van der Waals surface area contributed by atoms with Crippen molar-refractivity contribution < 1.29 is 19.1 Å². The molecule has 0 atom stereocenters. The molecule has 0 bridgehead atoms. The van der Waals surface area contributed by atoms with E-state index < -0.39 is 5.91 Å². The monoisotopic (exact) mass is 388 g/mol. The van der Waals surface area contributed by atoms with Crippen molar-refractivity contribution in [1.29, 1.82) is 0 Å². The molecule has 1 N–H and O–H groups in total. The largest absolute Gasteiger partial charge is 0.482 e. The number of nitrogens with zero attached hydrogens (tertiary/aromatic N) is 1. The van der Waals surface area contributed by atoms with Gasteiger partial charge in [0.2, 0.25) is 0 Å². The van der Waals surface area contributed by atoms with Crippen LogP contribution < -0.4 is 10.1 Å². The highest BCUT2D eigenvalue weighted by atomic mass is 35.5. The Labute approximate surface area is 152 Å². The maximum absolute atomic E-state index is 11.9. The van der Waals surface area contributed by atoms with Gasteiger partial charge in [0, 0.05) is 16.5 Å². The Morgan fingerprint density at radius 3 is 2.88 bits per heavy atom. The van der Waals surface area contributed by atoms with Crippen LogP contribution in [0.2, 0.25) is 10.0 Å². The maximum atomic E-state index is 11.9. The normalized spacial score (nSPS) is 10.3. The van der Waals surface area contributed by atoms with E-state index >= 15 is 0 Å². The number of hydrogen-bond acceptors (Lipinski definition) is 6. The van der Waals surface area contributed by atoms with Gasteiger partial charge in [0.05, 0.1) is 23.7 Å². The Bertz CT molecular complexity index is 736. The first-order valence-electron chi connectivity index (χ1n) is 6.95. The van der Waals surface area contributed by atoms with Crippen molar-refractivity contribution in [2.75, 3.05) is 18.5 Å². The molecule has 9 heteroatoms. The lowest BCUT2D eigenvalue weighted by molar-refractivity contribution is -0.142. The van der Waals surface area contributed by atoms with Gasteiger partial charge in [-0.15, -0.1) is 11.3 Å². The van der Waals surface area contributed by atoms with E-state index in [2.05, 4.69) is 10.3 Å². The average Bonchev–Trinajstić information content (AvgIpc) is 2.95. The van der Waals surface area contributed by atoms with Crippen molar-refractivity contribution in [1.82, 2.24) is 4.98 Å². The van der Waals surface area contributed by atoms with Gasteiger partial charge in [0.25, 0.3) is 5.91 Å². The van der Waals surface area contributed by atoms with Crippen LogP contribution in [0.3, 0.4) is 0 Å². The van der Waals surface area contributed by atoms with Gasteiger partial charge in [0.15, 0.2) is 11.7 Å². The minimum atomic E-state index is -0.400. The van der Waals surface area contributed by atoms with E-state index in [1.54, 1.807) is 24.4 Å². The Kier molecular flexibility index (Phi) is 6.84. The summed E-state index contributed by atoms with van der Waals surface area (Å²) in [4.78, 5) is 27.4. The summed E-state index contributed by atoms with van der Waals surface area (Å²) in [6.45, 7) is 1.81. The lowest BCUT2D eigenvalue weighted by Crippen LogP contribution is -2.20. The maximum Gasteiger partial charge on any atom is 0.311 e. The molecule has 0 fully saturated rings. The average molecular weight is 389 g/mol. The molecule has 0 aliphatic carbocycles. The summed E-state index contributed by atoms with van der Waals surface area (Å²) in [6, 6.07) is 4.73. The van der Waals surface area contributed by atoms with Gasteiger partial charge in [-0.2, -0.15) is 0 Å². The smallest absolute Gasteiger partial charge is 0.311 e. The number of carbonyl (C=O) groups is 2. The van der Waals surface area contributed by atoms with Gasteiger partial charge in [-0.1, -0.05) is 23.2 Å². The van der Waals surface area contributed by atoms with E-state index in [1.165, 1.54) is 17.4 Å². The highest BCUT2D eigenvalue weighted by Gasteiger charge is 2.11. The second kappa shape index (κ2) is 8.86. The van der Waals surface area contributed by atoms with Crippen LogP contribution in [-0.4, -0.2) is 30.1 Å². The minimum absolute atomic E-state index is 0.0643. The quantitative estimate of drug-likeness (QED) is 0.733. The van der Waals surface area contributed by atoms with Crippen LogP contribution in [0.1, 0.15) is 12.6 Å². The number of ether oxygens (including phenoxy) is 2. The molecule has 1 amide bonds. The molecule has 1 aromatic heterocycles. The third kappa shape index (κ3) is 5.67. The Hall–Kier alpha value is -1.83. The number of halogens is 2. The molecule has 0 radical (unpaired) electrons. The summed E-state index contributed by atoms with van der Waals surface area (Å²) in [6.07, 6.45) is 0.0643. The van der Waals surface area contributed by atoms with Crippen LogP contribution >= 0.6 is 34.5 Å². The molecular formula is C15H14Cl2N2O4S. The number of amides is 1.